The molecule has 1 unspecified atom stereocenters. The molecule has 0 aromatic carbocycles. The molecule has 0 aliphatic heterocycles. The second-order valence-corrected chi connectivity index (χ2v) is 2.42. The van der Waals surface area contributed by atoms with Crippen LogP contribution in [-0.2, 0) is 0 Å². The predicted molar refractivity (Wildman–Crippen MR) is 38.6 cm³/mol. The third kappa shape index (κ3) is 1.33. The maximum Gasteiger partial charge on any atom is 0.154 e. The van der Waals surface area contributed by atoms with E-state index in [2.05, 4.69) is 15.2 Å². The van der Waals surface area contributed by atoms with Gasteiger partial charge in [0.1, 0.15) is 5.82 Å². The minimum atomic E-state index is 0.255. The Morgan fingerprint density at radius 3 is 2.80 bits per heavy atom. The zero-order valence-corrected chi connectivity index (χ0v) is 6.26. The Bertz CT molecular complexity index is 205. The summed E-state index contributed by atoms with van der Waals surface area (Å²) in [6.45, 7) is 4.47. The lowest BCUT2D eigenvalue weighted by Gasteiger charge is -1.99. The summed E-state index contributed by atoms with van der Waals surface area (Å²) in [4.78, 5) is 4.13. The van der Waals surface area contributed by atoms with Crippen LogP contribution in [0.15, 0.2) is 0 Å². The molecule has 1 aromatic heterocycles. The number of H-pyrrole nitrogens is 1. The molecule has 1 atom stereocenters. The zero-order valence-electron chi connectivity index (χ0n) is 6.26. The lowest BCUT2D eigenvalue weighted by molar-refractivity contribution is 0.716. The van der Waals surface area contributed by atoms with E-state index in [1.807, 2.05) is 13.8 Å². The van der Waals surface area contributed by atoms with Crippen LogP contribution in [0.2, 0.25) is 0 Å². The number of rotatable bonds is 2. The molecule has 3 N–H and O–H groups in total. The topological polar surface area (TPSA) is 67.6 Å². The van der Waals surface area contributed by atoms with E-state index in [0.717, 1.165) is 11.6 Å². The third-order valence-electron chi connectivity index (χ3n) is 1.41. The monoisotopic (exact) mass is 140 g/mol. The molecule has 0 amide bonds. The molecule has 0 radical (unpaired) electrons. The fraction of sp³-hybridized carbons (Fsp3) is 0.667. The maximum atomic E-state index is 5.42. The maximum absolute atomic E-state index is 5.42. The van der Waals surface area contributed by atoms with Gasteiger partial charge in [-0.05, 0) is 6.92 Å². The molecule has 1 heterocycles. The standard InChI is InChI=1S/C6H12N4/c1-4(3-7)6-8-5(2)9-10-6/h4H,3,7H2,1-2H3,(H,8,9,10). The van der Waals surface area contributed by atoms with Crippen LogP contribution in [0.4, 0.5) is 0 Å². The van der Waals surface area contributed by atoms with Crippen LogP contribution in [0.1, 0.15) is 24.5 Å². The highest BCUT2D eigenvalue weighted by atomic mass is 15.2. The van der Waals surface area contributed by atoms with Crippen molar-refractivity contribution in [3.05, 3.63) is 11.6 Å². The van der Waals surface area contributed by atoms with Gasteiger partial charge in [-0.3, -0.25) is 5.10 Å². The summed E-state index contributed by atoms with van der Waals surface area (Å²) in [7, 11) is 0. The van der Waals surface area contributed by atoms with E-state index in [1.165, 1.54) is 0 Å². The Hall–Kier alpha value is -0.900. The van der Waals surface area contributed by atoms with Crippen molar-refractivity contribution in [3.63, 3.8) is 0 Å². The van der Waals surface area contributed by atoms with E-state index in [-0.39, 0.29) is 5.92 Å². The molecule has 4 nitrogen and oxygen atoms in total. The molecule has 0 aliphatic carbocycles. The van der Waals surface area contributed by atoms with Gasteiger partial charge in [0, 0.05) is 12.5 Å². The molecule has 0 bridgehead atoms. The Morgan fingerprint density at radius 1 is 1.70 bits per heavy atom. The number of nitrogens with zero attached hydrogens (tertiary/aromatic N) is 2. The fourth-order valence-corrected chi connectivity index (χ4v) is 0.686. The molecule has 4 heteroatoms. The van der Waals surface area contributed by atoms with Gasteiger partial charge in [0.15, 0.2) is 5.82 Å². The Kier molecular flexibility index (Phi) is 2.01. The van der Waals surface area contributed by atoms with E-state index < -0.39 is 0 Å². The molecule has 0 aliphatic rings. The summed E-state index contributed by atoms with van der Waals surface area (Å²) >= 11 is 0. The van der Waals surface area contributed by atoms with Gasteiger partial charge in [-0.2, -0.15) is 5.10 Å². The number of aromatic amines is 1. The first-order chi connectivity index (χ1) is 4.74. The first kappa shape index (κ1) is 7.21. The van der Waals surface area contributed by atoms with Gasteiger partial charge < -0.3 is 5.73 Å². The molecular formula is C6H12N4. The zero-order chi connectivity index (χ0) is 7.56. The molecule has 0 saturated heterocycles. The van der Waals surface area contributed by atoms with Crippen LogP contribution in [0.25, 0.3) is 0 Å². The van der Waals surface area contributed by atoms with Crippen LogP contribution in [0.5, 0.6) is 0 Å². The largest absolute Gasteiger partial charge is 0.330 e. The van der Waals surface area contributed by atoms with Crippen molar-refractivity contribution in [2.75, 3.05) is 6.54 Å². The van der Waals surface area contributed by atoms with Gasteiger partial charge in [0.25, 0.3) is 0 Å². The van der Waals surface area contributed by atoms with Crippen molar-refractivity contribution in [1.82, 2.24) is 15.2 Å². The molecular weight excluding hydrogens is 128 g/mol. The van der Waals surface area contributed by atoms with Crippen molar-refractivity contribution in [2.45, 2.75) is 19.8 Å². The van der Waals surface area contributed by atoms with E-state index in [4.69, 9.17) is 5.73 Å². The average molecular weight is 140 g/mol. The lowest BCUT2D eigenvalue weighted by atomic mass is 10.2. The Morgan fingerprint density at radius 2 is 2.40 bits per heavy atom. The molecule has 10 heavy (non-hydrogen) atoms. The fourth-order valence-electron chi connectivity index (χ4n) is 0.686. The first-order valence-corrected chi connectivity index (χ1v) is 3.33. The van der Waals surface area contributed by atoms with Crippen LogP contribution in [-0.4, -0.2) is 21.7 Å². The van der Waals surface area contributed by atoms with Gasteiger partial charge in [0.05, 0.1) is 0 Å². The van der Waals surface area contributed by atoms with Gasteiger partial charge in [-0.25, -0.2) is 4.98 Å². The second-order valence-electron chi connectivity index (χ2n) is 2.42. The molecule has 0 fully saturated rings. The Balaban J connectivity index is 2.74. The smallest absolute Gasteiger partial charge is 0.154 e. The van der Waals surface area contributed by atoms with Gasteiger partial charge in [0.2, 0.25) is 0 Å². The number of nitrogens with one attached hydrogen (secondary N) is 1. The van der Waals surface area contributed by atoms with Crippen molar-refractivity contribution in [3.8, 4) is 0 Å². The highest BCUT2D eigenvalue weighted by Gasteiger charge is 2.06. The summed E-state index contributed by atoms with van der Waals surface area (Å²) in [5, 5.41) is 6.74. The number of nitrogens with two attached hydrogens (primary N) is 1. The second kappa shape index (κ2) is 2.79. The highest BCUT2D eigenvalue weighted by molar-refractivity contribution is 4.94. The predicted octanol–water partition coefficient (Wildman–Crippen LogP) is 0.175. The molecule has 1 aromatic rings. The number of hydrogen-bond donors (Lipinski definition) is 2. The summed E-state index contributed by atoms with van der Waals surface area (Å²) in [5.74, 6) is 1.90. The SMILES string of the molecule is Cc1nc(C(C)CN)n[nH]1. The third-order valence-corrected chi connectivity index (χ3v) is 1.41. The van der Waals surface area contributed by atoms with E-state index in [1.54, 1.807) is 0 Å². The summed E-state index contributed by atoms with van der Waals surface area (Å²) < 4.78 is 0. The van der Waals surface area contributed by atoms with Crippen LogP contribution in [0, 0.1) is 6.92 Å². The summed E-state index contributed by atoms with van der Waals surface area (Å²) in [5.41, 5.74) is 5.42. The molecule has 0 spiro atoms. The minimum Gasteiger partial charge on any atom is -0.330 e. The quantitative estimate of drug-likeness (QED) is 0.615. The lowest BCUT2D eigenvalue weighted by Crippen LogP contribution is -2.10. The van der Waals surface area contributed by atoms with Crippen molar-refractivity contribution in [1.29, 1.82) is 0 Å². The molecule has 1 rings (SSSR count). The van der Waals surface area contributed by atoms with E-state index in [0.29, 0.717) is 6.54 Å². The van der Waals surface area contributed by atoms with Gasteiger partial charge >= 0.3 is 0 Å². The summed E-state index contributed by atoms with van der Waals surface area (Å²) in [6.07, 6.45) is 0. The van der Waals surface area contributed by atoms with Crippen molar-refractivity contribution >= 4 is 0 Å². The van der Waals surface area contributed by atoms with Crippen molar-refractivity contribution < 1.29 is 0 Å². The molecule has 0 saturated carbocycles. The minimum absolute atomic E-state index is 0.255. The highest BCUT2D eigenvalue weighted by Crippen LogP contribution is 2.06. The van der Waals surface area contributed by atoms with Crippen LogP contribution >= 0.6 is 0 Å². The number of aryl methyl sites for hydroxylation is 1. The van der Waals surface area contributed by atoms with Gasteiger partial charge in [-0.1, -0.05) is 6.92 Å². The normalized spacial score (nSPS) is 13.5. The number of aromatic nitrogens is 3. The van der Waals surface area contributed by atoms with E-state index in [9.17, 15) is 0 Å². The van der Waals surface area contributed by atoms with Crippen LogP contribution in [0.3, 0.4) is 0 Å². The average Bonchev–Trinajstić information content (AvgIpc) is 2.34. The first-order valence-electron chi connectivity index (χ1n) is 3.33. The number of hydrogen-bond acceptors (Lipinski definition) is 3. The molecule has 56 valence electrons. The Labute approximate surface area is 59.8 Å². The van der Waals surface area contributed by atoms with Crippen molar-refractivity contribution in [2.24, 2.45) is 5.73 Å². The van der Waals surface area contributed by atoms with E-state index >= 15 is 0 Å². The summed E-state index contributed by atoms with van der Waals surface area (Å²) in [6, 6.07) is 0. The van der Waals surface area contributed by atoms with Crippen LogP contribution < -0.4 is 5.73 Å². The van der Waals surface area contributed by atoms with Gasteiger partial charge in [-0.15, -0.1) is 0 Å².